The van der Waals surface area contributed by atoms with Gasteiger partial charge < -0.3 is 0 Å². The van der Waals surface area contributed by atoms with Crippen molar-refractivity contribution in [1.82, 2.24) is 9.13 Å². The Hall–Kier alpha value is -2.92. The maximum Gasteiger partial charge on any atom is 0.332 e. The standard InChI is InChI=1S/C23H22N2O2S/c1-15-8-7-11-19(12-15)14-25-22-20(16(2)17(3)28-22)21(26)24(23(25)27)13-18-9-5-4-6-10-18/h4-12H,13-14H2,1-3H3. The molecule has 0 aliphatic rings. The highest BCUT2D eigenvalue weighted by molar-refractivity contribution is 7.18. The predicted octanol–water partition coefficient (Wildman–Crippen LogP) is 4.25. The SMILES string of the molecule is Cc1cccc(Cn2c(=O)n(Cc3ccccc3)c(=O)c3c(C)c(C)sc32)c1. The van der Waals surface area contributed by atoms with Crippen molar-refractivity contribution >= 4 is 21.6 Å². The first-order valence-corrected chi connectivity index (χ1v) is 10.1. The number of aromatic nitrogens is 2. The van der Waals surface area contributed by atoms with Crippen molar-refractivity contribution in [2.45, 2.75) is 33.9 Å². The molecule has 0 radical (unpaired) electrons. The molecule has 0 N–H and O–H groups in total. The van der Waals surface area contributed by atoms with Gasteiger partial charge >= 0.3 is 5.69 Å². The molecule has 28 heavy (non-hydrogen) atoms. The molecule has 0 aliphatic carbocycles. The van der Waals surface area contributed by atoms with Gasteiger partial charge in [0, 0.05) is 4.88 Å². The van der Waals surface area contributed by atoms with Crippen molar-refractivity contribution in [3.05, 3.63) is 103 Å². The van der Waals surface area contributed by atoms with E-state index in [9.17, 15) is 9.59 Å². The zero-order valence-electron chi connectivity index (χ0n) is 16.2. The van der Waals surface area contributed by atoms with E-state index in [4.69, 9.17) is 0 Å². The van der Waals surface area contributed by atoms with Crippen molar-refractivity contribution in [2.24, 2.45) is 0 Å². The van der Waals surface area contributed by atoms with Crippen LogP contribution >= 0.6 is 11.3 Å². The highest BCUT2D eigenvalue weighted by atomic mass is 32.1. The zero-order chi connectivity index (χ0) is 19.8. The average Bonchev–Trinajstić information content (AvgIpc) is 2.98. The van der Waals surface area contributed by atoms with Crippen LogP contribution < -0.4 is 11.2 Å². The molecule has 0 bridgehead atoms. The van der Waals surface area contributed by atoms with Crippen LogP contribution in [0.1, 0.15) is 27.1 Å². The number of nitrogens with zero attached hydrogens (tertiary/aromatic N) is 2. The molecule has 0 saturated carbocycles. The third-order valence-electron chi connectivity index (χ3n) is 5.14. The highest BCUT2D eigenvalue weighted by Crippen LogP contribution is 2.27. The van der Waals surface area contributed by atoms with Gasteiger partial charge in [0.25, 0.3) is 5.56 Å². The van der Waals surface area contributed by atoms with E-state index >= 15 is 0 Å². The Morgan fingerprint density at radius 1 is 0.821 bits per heavy atom. The van der Waals surface area contributed by atoms with Gasteiger partial charge in [-0.15, -0.1) is 11.3 Å². The van der Waals surface area contributed by atoms with Crippen LogP contribution in [0.3, 0.4) is 0 Å². The van der Waals surface area contributed by atoms with Crippen LogP contribution in [0.4, 0.5) is 0 Å². The van der Waals surface area contributed by atoms with E-state index in [1.165, 1.54) is 15.9 Å². The Kier molecular flexibility index (Phi) is 4.77. The van der Waals surface area contributed by atoms with Gasteiger partial charge in [-0.1, -0.05) is 60.2 Å². The first kappa shape index (κ1) is 18.4. The average molecular weight is 391 g/mol. The number of rotatable bonds is 4. The Labute approximate surface area is 167 Å². The minimum absolute atomic E-state index is 0.203. The lowest BCUT2D eigenvalue weighted by Gasteiger charge is -2.13. The first-order valence-electron chi connectivity index (χ1n) is 9.28. The summed E-state index contributed by atoms with van der Waals surface area (Å²) >= 11 is 1.52. The fraction of sp³-hybridized carbons (Fsp3) is 0.217. The Morgan fingerprint density at radius 3 is 2.21 bits per heavy atom. The normalized spacial score (nSPS) is 11.2. The van der Waals surface area contributed by atoms with Gasteiger partial charge in [-0.2, -0.15) is 0 Å². The van der Waals surface area contributed by atoms with Gasteiger partial charge in [-0.3, -0.25) is 13.9 Å². The molecule has 0 saturated heterocycles. The predicted molar refractivity (Wildman–Crippen MR) is 116 cm³/mol. The van der Waals surface area contributed by atoms with E-state index in [0.29, 0.717) is 11.9 Å². The summed E-state index contributed by atoms with van der Waals surface area (Å²) in [6.07, 6.45) is 0. The van der Waals surface area contributed by atoms with Gasteiger partial charge in [-0.25, -0.2) is 4.79 Å². The van der Waals surface area contributed by atoms with Crippen molar-refractivity contribution in [3.8, 4) is 0 Å². The Bertz CT molecular complexity index is 1280. The van der Waals surface area contributed by atoms with Gasteiger partial charge in [0.15, 0.2) is 0 Å². The van der Waals surface area contributed by atoms with Crippen LogP contribution in [0, 0.1) is 20.8 Å². The summed E-state index contributed by atoms with van der Waals surface area (Å²) in [4.78, 5) is 28.4. The van der Waals surface area contributed by atoms with Crippen LogP contribution in [0.5, 0.6) is 0 Å². The largest absolute Gasteiger partial charge is 0.332 e. The molecule has 0 unspecified atom stereocenters. The van der Waals surface area contributed by atoms with E-state index in [1.54, 1.807) is 4.57 Å². The molecule has 0 atom stereocenters. The van der Waals surface area contributed by atoms with Crippen LogP contribution in [-0.4, -0.2) is 9.13 Å². The van der Waals surface area contributed by atoms with Crippen LogP contribution in [0.15, 0.2) is 64.2 Å². The van der Waals surface area contributed by atoms with E-state index < -0.39 is 0 Å². The summed E-state index contributed by atoms with van der Waals surface area (Å²) in [5.74, 6) is 0. The monoisotopic (exact) mass is 390 g/mol. The number of hydrogen-bond acceptors (Lipinski definition) is 3. The maximum atomic E-state index is 13.4. The minimum Gasteiger partial charge on any atom is -0.280 e. The quantitative estimate of drug-likeness (QED) is 0.523. The third kappa shape index (κ3) is 3.22. The fourth-order valence-electron chi connectivity index (χ4n) is 3.54. The molecule has 0 fully saturated rings. The van der Waals surface area contributed by atoms with Crippen LogP contribution in [0.25, 0.3) is 10.2 Å². The molecule has 2 aromatic heterocycles. The number of hydrogen-bond donors (Lipinski definition) is 0. The van der Waals surface area contributed by atoms with Gasteiger partial charge in [0.05, 0.1) is 18.5 Å². The summed E-state index contributed by atoms with van der Waals surface area (Å²) < 4.78 is 3.12. The fourth-order valence-corrected chi connectivity index (χ4v) is 4.68. The van der Waals surface area contributed by atoms with Gasteiger partial charge in [0.1, 0.15) is 4.83 Å². The lowest BCUT2D eigenvalue weighted by atomic mass is 10.1. The molecule has 2 heterocycles. The summed E-state index contributed by atoms with van der Waals surface area (Å²) in [7, 11) is 0. The second kappa shape index (κ2) is 7.24. The molecule has 0 spiro atoms. The van der Waals surface area contributed by atoms with Gasteiger partial charge in [-0.05, 0) is 37.5 Å². The number of thiophene rings is 1. The van der Waals surface area contributed by atoms with Crippen molar-refractivity contribution < 1.29 is 0 Å². The topological polar surface area (TPSA) is 44.0 Å². The maximum absolute atomic E-state index is 13.4. The molecule has 5 heteroatoms. The van der Waals surface area contributed by atoms with Crippen molar-refractivity contribution in [1.29, 1.82) is 0 Å². The number of benzene rings is 2. The van der Waals surface area contributed by atoms with E-state index in [2.05, 4.69) is 6.07 Å². The van der Waals surface area contributed by atoms with E-state index in [-0.39, 0.29) is 17.8 Å². The smallest absolute Gasteiger partial charge is 0.280 e. The number of fused-ring (bicyclic) bond motifs is 1. The molecule has 4 aromatic rings. The molecular weight excluding hydrogens is 368 g/mol. The zero-order valence-corrected chi connectivity index (χ0v) is 17.0. The van der Waals surface area contributed by atoms with Crippen molar-refractivity contribution in [2.75, 3.05) is 0 Å². The summed E-state index contributed by atoms with van der Waals surface area (Å²) in [6, 6.07) is 17.8. The molecule has 2 aromatic carbocycles. The lowest BCUT2D eigenvalue weighted by molar-refractivity contribution is 0.637. The number of aryl methyl sites for hydroxylation is 3. The lowest BCUT2D eigenvalue weighted by Crippen LogP contribution is -2.40. The Morgan fingerprint density at radius 2 is 1.50 bits per heavy atom. The molecule has 142 valence electrons. The molecule has 0 amide bonds. The van der Waals surface area contributed by atoms with E-state index in [1.807, 2.05) is 69.3 Å². The first-order chi connectivity index (χ1) is 13.5. The molecule has 4 rings (SSSR count). The van der Waals surface area contributed by atoms with E-state index in [0.717, 1.165) is 32.0 Å². The molecule has 4 nitrogen and oxygen atoms in total. The Balaban J connectivity index is 1.96. The summed E-state index contributed by atoms with van der Waals surface area (Å²) in [5, 5.41) is 0.658. The molecule has 0 aliphatic heterocycles. The second-order valence-electron chi connectivity index (χ2n) is 7.20. The minimum atomic E-state index is -0.260. The van der Waals surface area contributed by atoms with Crippen LogP contribution in [0.2, 0.25) is 0 Å². The van der Waals surface area contributed by atoms with Crippen molar-refractivity contribution in [3.63, 3.8) is 0 Å². The van der Waals surface area contributed by atoms with Crippen LogP contribution in [-0.2, 0) is 13.1 Å². The second-order valence-corrected chi connectivity index (χ2v) is 8.40. The molecular formula is C23H22N2O2S. The van der Waals surface area contributed by atoms with Gasteiger partial charge in [0.2, 0.25) is 0 Å². The highest BCUT2D eigenvalue weighted by Gasteiger charge is 2.19. The summed E-state index contributed by atoms with van der Waals surface area (Å²) in [6.45, 7) is 6.73. The third-order valence-corrected chi connectivity index (χ3v) is 6.37. The summed E-state index contributed by atoms with van der Waals surface area (Å²) in [5.41, 5.74) is 3.64.